The summed E-state index contributed by atoms with van der Waals surface area (Å²) in [4.78, 5) is 25.0. The molecule has 8 heteroatoms. The van der Waals surface area contributed by atoms with Gasteiger partial charge in [0.2, 0.25) is 5.82 Å². The second-order valence-corrected chi connectivity index (χ2v) is 6.57. The van der Waals surface area contributed by atoms with E-state index >= 15 is 0 Å². The van der Waals surface area contributed by atoms with Crippen molar-refractivity contribution in [2.45, 2.75) is 13.8 Å². The van der Waals surface area contributed by atoms with Crippen LogP contribution >= 0.6 is 0 Å². The number of carbonyl (C=O) groups excluding carboxylic acids is 1. The van der Waals surface area contributed by atoms with Crippen LogP contribution in [0.5, 0.6) is 5.75 Å². The van der Waals surface area contributed by atoms with Crippen LogP contribution in [0.3, 0.4) is 0 Å². The van der Waals surface area contributed by atoms with E-state index in [0.717, 1.165) is 22.8 Å². The van der Waals surface area contributed by atoms with Crippen LogP contribution in [0.1, 0.15) is 21.7 Å². The van der Waals surface area contributed by atoms with Gasteiger partial charge in [-0.25, -0.2) is 4.63 Å². The third-order valence-corrected chi connectivity index (χ3v) is 4.52. The minimum atomic E-state index is -0.632. The van der Waals surface area contributed by atoms with E-state index in [1.54, 1.807) is 37.4 Å². The maximum atomic E-state index is 12.7. The Balaban J connectivity index is 1.67. The number of aryl methyl sites for hydroxylation is 2. The highest BCUT2D eigenvalue weighted by molar-refractivity contribution is 6.04. The van der Waals surface area contributed by atoms with Gasteiger partial charge >= 0.3 is 0 Å². The van der Waals surface area contributed by atoms with Crippen molar-refractivity contribution in [2.24, 2.45) is 0 Å². The summed E-state index contributed by atoms with van der Waals surface area (Å²) in [6.07, 6.45) is 0. The fourth-order valence-corrected chi connectivity index (χ4v) is 3.03. The Kier molecular flexibility index (Phi) is 4.59. The van der Waals surface area contributed by atoms with E-state index in [1.807, 2.05) is 19.9 Å². The predicted molar refractivity (Wildman–Crippen MR) is 106 cm³/mol. The van der Waals surface area contributed by atoms with Gasteiger partial charge < -0.3 is 9.15 Å². The molecule has 2 aromatic carbocycles. The van der Waals surface area contributed by atoms with Gasteiger partial charge in [0.15, 0.2) is 16.9 Å². The van der Waals surface area contributed by atoms with Crippen molar-refractivity contribution in [1.82, 2.24) is 10.3 Å². The monoisotopic (exact) mass is 391 g/mol. The molecule has 1 amide bonds. The Morgan fingerprint density at radius 2 is 1.90 bits per heavy atom. The zero-order valence-corrected chi connectivity index (χ0v) is 16.0. The first-order valence-corrected chi connectivity index (χ1v) is 8.79. The molecule has 0 aliphatic carbocycles. The van der Waals surface area contributed by atoms with Crippen LogP contribution in [-0.4, -0.2) is 23.3 Å². The number of hydrogen-bond donors (Lipinski definition) is 1. The molecule has 2 aromatic heterocycles. The Labute approximate surface area is 165 Å². The third kappa shape index (κ3) is 3.47. The second-order valence-electron chi connectivity index (χ2n) is 6.57. The average molecular weight is 391 g/mol. The molecule has 0 saturated heterocycles. The molecule has 146 valence electrons. The quantitative estimate of drug-likeness (QED) is 0.565. The number of fused-ring (bicyclic) bond motifs is 1. The smallest absolute Gasteiger partial charge is 0.292 e. The highest BCUT2D eigenvalue weighted by Crippen LogP contribution is 2.30. The van der Waals surface area contributed by atoms with Crippen molar-refractivity contribution in [3.8, 4) is 17.0 Å². The molecule has 0 radical (unpaired) electrons. The van der Waals surface area contributed by atoms with Crippen molar-refractivity contribution < 1.29 is 18.6 Å². The summed E-state index contributed by atoms with van der Waals surface area (Å²) in [7, 11) is 1.58. The highest BCUT2D eigenvalue weighted by atomic mass is 16.6. The molecule has 2 heterocycles. The first-order valence-electron chi connectivity index (χ1n) is 8.79. The van der Waals surface area contributed by atoms with Crippen LogP contribution in [-0.2, 0) is 0 Å². The zero-order chi connectivity index (χ0) is 20.5. The lowest BCUT2D eigenvalue weighted by Gasteiger charge is -2.07. The lowest BCUT2D eigenvalue weighted by Crippen LogP contribution is -2.15. The molecule has 0 fully saturated rings. The maximum Gasteiger partial charge on any atom is 0.292 e. The van der Waals surface area contributed by atoms with Crippen LogP contribution in [0.4, 0.5) is 5.82 Å². The van der Waals surface area contributed by atoms with E-state index in [2.05, 4.69) is 15.6 Å². The summed E-state index contributed by atoms with van der Waals surface area (Å²) in [6.45, 7) is 3.75. The number of amides is 1. The molecule has 1 N–H and O–H groups in total. The summed E-state index contributed by atoms with van der Waals surface area (Å²) >= 11 is 0. The summed E-state index contributed by atoms with van der Waals surface area (Å²) in [5.74, 6) is 0.0517. The van der Waals surface area contributed by atoms with Crippen molar-refractivity contribution in [2.75, 3.05) is 12.4 Å². The summed E-state index contributed by atoms with van der Waals surface area (Å²) < 4.78 is 15.6. The predicted octanol–water partition coefficient (Wildman–Crippen LogP) is 3.72. The zero-order valence-electron chi connectivity index (χ0n) is 16.0. The molecule has 0 aliphatic rings. The van der Waals surface area contributed by atoms with Crippen molar-refractivity contribution >= 4 is 22.7 Å². The van der Waals surface area contributed by atoms with Crippen LogP contribution in [0.25, 0.3) is 22.2 Å². The second kappa shape index (κ2) is 7.23. The number of rotatable bonds is 4. The Morgan fingerprint density at radius 1 is 1.07 bits per heavy atom. The Bertz CT molecular complexity index is 1290. The molecule has 0 bridgehead atoms. The number of nitrogens with zero attached hydrogens (tertiary/aromatic N) is 2. The van der Waals surface area contributed by atoms with Crippen molar-refractivity contribution in [1.29, 1.82) is 0 Å². The molecule has 29 heavy (non-hydrogen) atoms. The molecule has 4 aromatic rings. The minimum Gasteiger partial charge on any atom is -0.497 e. The number of hydrogen-bond acceptors (Lipinski definition) is 7. The lowest BCUT2D eigenvalue weighted by atomic mass is 10.1. The number of aromatic nitrogens is 2. The maximum absolute atomic E-state index is 12.7. The normalized spacial score (nSPS) is 10.9. The fourth-order valence-electron chi connectivity index (χ4n) is 3.03. The van der Waals surface area contributed by atoms with Gasteiger partial charge in [-0.15, -0.1) is 0 Å². The topological polar surface area (TPSA) is 107 Å². The number of carbonyl (C=O) groups is 1. The van der Waals surface area contributed by atoms with E-state index in [4.69, 9.17) is 13.8 Å². The van der Waals surface area contributed by atoms with Gasteiger partial charge in [0.1, 0.15) is 11.3 Å². The number of ether oxygens (including phenoxy) is 1. The van der Waals surface area contributed by atoms with E-state index in [1.165, 1.54) is 0 Å². The molecular formula is C21H17N3O5. The summed E-state index contributed by atoms with van der Waals surface area (Å²) in [6, 6.07) is 11.7. The molecule has 0 atom stereocenters. The Morgan fingerprint density at radius 3 is 2.66 bits per heavy atom. The standard InChI is InChI=1S/C21H17N3O5/c1-11-4-7-17-15(8-11)16(25)10-18(28-17)21(26)22-20-19(23-29-24-20)14-6-5-13(27-3)9-12(14)2/h4-10H,1-3H3,(H,22,24,26). The largest absolute Gasteiger partial charge is 0.497 e. The van der Waals surface area contributed by atoms with Crippen LogP contribution < -0.4 is 15.5 Å². The van der Waals surface area contributed by atoms with Gasteiger partial charge in [0.05, 0.1) is 12.5 Å². The van der Waals surface area contributed by atoms with E-state index in [-0.39, 0.29) is 17.0 Å². The average Bonchev–Trinajstić information content (AvgIpc) is 3.16. The number of nitrogens with one attached hydrogen (secondary N) is 1. The Hall–Kier alpha value is -3.94. The number of benzene rings is 2. The summed E-state index contributed by atoms with van der Waals surface area (Å²) in [5, 5.41) is 10.7. The summed E-state index contributed by atoms with van der Waals surface area (Å²) in [5.41, 5.74) is 2.90. The molecule has 0 aliphatic heterocycles. The van der Waals surface area contributed by atoms with Crippen molar-refractivity contribution in [3.05, 3.63) is 69.6 Å². The van der Waals surface area contributed by atoms with Crippen LogP contribution in [0.2, 0.25) is 0 Å². The fraction of sp³-hybridized carbons (Fsp3) is 0.143. The van der Waals surface area contributed by atoms with Crippen LogP contribution in [0, 0.1) is 13.8 Å². The van der Waals surface area contributed by atoms with Crippen LogP contribution in [0.15, 0.2) is 56.3 Å². The minimum absolute atomic E-state index is 0.120. The van der Waals surface area contributed by atoms with Crippen molar-refractivity contribution in [3.63, 3.8) is 0 Å². The number of anilines is 1. The lowest BCUT2D eigenvalue weighted by molar-refractivity contribution is 0.0996. The van der Waals surface area contributed by atoms with E-state index in [0.29, 0.717) is 22.4 Å². The third-order valence-electron chi connectivity index (χ3n) is 4.52. The first kappa shape index (κ1) is 18.4. The van der Waals surface area contributed by atoms with E-state index < -0.39 is 5.91 Å². The van der Waals surface area contributed by atoms with Gasteiger partial charge in [-0.05, 0) is 60.1 Å². The highest BCUT2D eigenvalue weighted by Gasteiger charge is 2.20. The van der Waals surface area contributed by atoms with E-state index in [9.17, 15) is 9.59 Å². The van der Waals surface area contributed by atoms with Gasteiger partial charge in [-0.1, -0.05) is 11.6 Å². The van der Waals surface area contributed by atoms with Gasteiger partial charge in [-0.2, -0.15) is 0 Å². The van der Waals surface area contributed by atoms with Gasteiger partial charge in [-0.3, -0.25) is 14.9 Å². The molecule has 0 saturated carbocycles. The first-order chi connectivity index (χ1) is 14.0. The molecule has 0 spiro atoms. The molecule has 0 unspecified atom stereocenters. The van der Waals surface area contributed by atoms with Gasteiger partial charge in [0, 0.05) is 11.6 Å². The molecule has 4 rings (SSSR count). The SMILES string of the molecule is COc1ccc(-c2nonc2NC(=O)c2cc(=O)c3cc(C)ccc3o2)c(C)c1. The van der Waals surface area contributed by atoms with Gasteiger partial charge in [0.25, 0.3) is 5.91 Å². The molecule has 8 nitrogen and oxygen atoms in total. The molecular weight excluding hydrogens is 374 g/mol. The number of methoxy groups -OCH3 is 1.